The third kappa shape index (κ3) is 2.11. The van der Waals surface area contributed by atoms with Crippen LogP contribution in [-0.2, 0) is 0 Å². The van der Waals surface area contributed by atoms with Crippen molar-refractivity contribution in [3.63, 3.8) is 0 Å². The third-order valence-electron chi connectivity index (χ3n) is 2.41. The van der Waals surface area contributed by atoms with E-state index < -0.39 is 0 Å². The third-order valence-corrected chi connectivity index (χ3v) is 4.34. The van der Waals surface area contributed by atoms with Crippen molar-refractivity contribution in [2.24, 2.45) is 0 Å². The molecule has 0 unspecified atom stereocenters. The average molecular weight is 295 g/mol. The van der Waals surface area contributed by atoms with Crippen molar-refractivity contribution in [1.82, 2.24) is 0 Å². The zero-order valence-electron chi connectivity index (χ0n) is 9.08. The van der Waals surface area contributed by atoms with E-state index in [1.54, 1.807) is 0 Å². The number of hydrogen-bond acceptors (Lipinski definition) is 2. The van der Waals surface area contributed by atoms with Gasteiger partial charge in [-0.25, -0.2) is 0 Å². The van der Waals surface area contributed by atoms with Crippen LogP contribution in [0.25, 0.3) is 0 Å². The summed E-state index contributed by atoms with van der Waals surface area (Å²) in [5.74, 6) is 0.100. The zero-order chi connectivity index (χ0) is 11.7. The van der Waals surface area contributed by atoms with Crippen LogP contribution in [0.4, 0.5) is 0 Å². The minimum Gasteiger partial charge on any atom is -0.288 e. The molecular weight excluding hydrogens is 284 g/mol. The lowest BCUT2D eigenvalue weighted by Gasteiger charge is -2.02. The molecule has 0 radical (unpaired) electrons. The van der Waals surface area contributed by atoms with Gasteiger partial charge >= 0.3 is 0 Å². The van der Waals surface area contributed by atoms with E-state index in [2.05, 4.69) is 15.9 Å². The highest BCUT2D eigenvalue weighted by Gasteiger charge is 2.16. The monoisotopic (exact) mass is 294 g/mol. The number of hydrogen-bond donors (Lipinski definition) is 0. The summed E-state index contributed by atoms with van der Waals surface area (Å²) in [6.07, 6.45) is 0. The lowest BCUT2D eigenvalue weighted by Crippen LogP contribution is -2.01. The predicted molar refractivity (Wildman–Crippen MR) is 71.4 cm³/mol. The molecule has 2 aromatic rings. The normalized spacial score (nSPS) is 10.4. The van der Waals surface area contributed by atoms with E-state index in [4.69, 9.17) is 0 Å². The van der Waals surface area contributed by atoms with Gasteiger partial charge in [-0.15, -0.1) is 11.3 Å². The van der Waals surface area contributed by atoms with Crippen molar-refractivity contribution < 1.29 is 4.79 Å². The highest BCUT2D eigenvalue weighted by Crippen LogP contribution is 2.29. The summed E-state index contributed by atoms with van der Waals surface area (Å²) in [7, 11) is 0. The van der Waals surface area contributed by atoms with Crippen LogP contribution in [0.5, 0.6) is 0 Å². The number of aryl methyl sites for hydroxylation is 2. The van der Waals surface area contributed by atoms with Gasteiger partial charge in [-0.3, -0.25) is 4.79 Å². The molecular formula is C13H11BrOS. The van der Waals surface area contributed by atoms with E-state index in [0.29, 0.717) is 0 Å². The first-order valence-electron chi connectivity index (χ1n) is 4.96. The quantitative estimate of drug-likeness (QED) is 0.752. The number of carbonyl (C=O) groups excluding carboxylic acids is 1. The van der Waals surface area contributed by atoms with Crippen molar-refractivity contribution in [1.29, 1.82) is 0 Å². The summed E-state index contributed by atoms with van der Waals surface area (Å²) < 4.78 is 0.892. The van der Waals surface area contributed by atoms with Gasteiger partial charge in [-0.05, 0) is 41.4 Å². The van der Waals surface area contributed by atoms with Gasteiger partial charge < -0.3 is 0 Å². The molecule has 82 valence electrons. The predicted octanol–water partition coefficient (Wildman–Crippen LogP) is 4.36. The number of benzene rings is 1. The summed E-state index contributed by atoms with van der Waals surface area (Å²) in [4.78, 5) is 14.2. The van der Waals surface area contributed by atoms with E-state index in [1.807, 2.05) is 44.2 Å². The molecule has 3 heteroatoms. The van der Waals surface area contributed by atoms with Crippen molar-refractivity contribution in [3.8, 4) is 0 Å². The molecule has 0 amide bonds. The molecule has 0 saturated heterocycles. The molecule has 0 N–H and O–H groups in total. The van der Waals surface area contributed by atoms with Crippen LogP contribution >= 0.6 is 27.3 Å². The lowest BCUT2D eigenvalue weighted by atomic mass is 10.0. The number of thiophene rings is 1. The molecule has 0 fully saturated rings. The topological polar surface area (TPSA) is 17.1 Å². The molecule has 0 aliphatic carbocycles. The fourth-order valence-corrected chi connectivity index (χ4v) is 3.36. The second-order valence-corrected chi connectivity index (χ2v) is 5.79. The Kier molecular flexibility index (Phi) is 3.26. The lowest BCUT2D eigenvalue weighted by molar-refractivity contribution is 0.104. The van der Waals surface area contributed by atoms with Gasteiger partial charge in [0.2, 0.25) is 5.78 Å². The standard InChI is InChI=1S/C13H11BrOS/c1-8-5-3-4-6-10(8)12(15)13-11(14)7-9(2)16-13/h3-7H,1-2H3. The van der Waals surface area contributed by atoms with E-state index in [-0.39, 0.29) is 5.78 Å². The fraction of sp³-hybridized carbons (Fsp3) is 0.154. The first-order valence-corrected chi connectivity index (χ1v) is 6.57. The first kappa shape index (κ1) is 11.6. The van der Waals surface area contributed by atoms with Crippen LogP contribution in [0.3, 0.4) is 0 Å². The van der Waals surface area contributed by atoms with Gasteiger partial charge in [-0.1, -0.05) is 24.3 Å². The SMILES string of the molecule is Cc1cc(Br)c(C(=O)c2ccccc2C)s1. The Morgan fingerprint density at radius 2 is 1.94 bits per heavy atom. The van der Waals surface area contributed by atoms with Gasteiger partial charge in [0.05, 0.1) is 4.88 Å². The van der Waals surface area contributed by atoms with Crippen LogP contribution in [0.2, 0.25) is 0 Å². The van der Waals surface area contributed by atoms with E-state index >= 15 is 0 Å². The Morgan fingerprint density at radius 1 is 1.25 bits per heavy atom. The summed E-state index contributed by atoms with van der Waals surface area (Å²) in [5, 5.41) is 0. The first-order chi connectivity index (χ1) is 7.59. The number of carbonyl (C=O) groups is 1. The maximum atomic E-state index is 12.3. The van der Waals surface area contributed by atoms with Gasteiger partial charge in [0.1, 0.15) is 0 Å². The summed E-state index contributed by atoms with van der Waals surface area (Å²) >= 11 is 4.96. The van der Waals surface area contributed by atoms with Crippen LogP contribution in [0.1, 0.15) is 25.7 Å². The molecule has 0 aliphatic rings. The Balaban J connectivity index is 2.47. The Hall–Kier alpha value is -0.930. The minimum atomic E-state index is 0.100. The van der Waals surface area contributed by atoms with E-state index in [9.17, 15) is 4.79 Å². The molecule has 1 heterocycles. The van der Waals surface area contributed by atoms with Crippen LogP contribution < -0.4 is 0 Å². The fourth-order valence-electron chi connectivity index (χ4n) is 1.59. The number of rotatable bonds is 2. The smallest absolute Gasteiger partial charge is 0.204 e. The molecule has 16 heavy (non-hydrogen) atoms. The van der Waals surface area contributed by atoms with Crippen molar-refractivity contribution in [2.45, 2.75) is 13.8 Å². The zero-order valence-corrected chi connectivity index (χ0v) is 11.5. The maximum Gasteiger partial charge on any atom is 0.204 e. The van der Waals surface area contributed by atoms with Gasteiger partial charge in [0, 0.05) is 14.9 Å². The highest BCUT2D eigenvalue weighted by atomic mass is 79.9. The second-order valence-electron chi connectivity index (χ2n) is 3.68. The second kappa shape index (κ2) is 4.52. The van der Waals surface area contributed by atoms with Crippen molar-refractivity contribution in [3.05, 3.63) is 55.7 Å². The molecule has 0 saturated carbocycles. The van der Waals surface area contributed by atoms with Crippen LogP contribution in [0, 0.1) is 13.8 Å². The highest BCUT2D eigenvalue weighted by molar-refractivity contribution is 9.10. The van der Waals surface area contributed by atoms with E-state index in [0.717, 1.165) is 25.4 Å². The average Bonchev–Trinajstić information content (AvgIpc) is 2.58. The Morgan fingerprint density at radius 3 is 2.50 bits per heavy atom. The Labute approximate surface area is 107 Å². The number of ketones is 1. The maximum absolute atomic E-state index is 12.3. The molecule has 1 aromatic carbocycles. The number of halogens is 1. The summed E-state index contributed by atoms with van der Waals surface area (Å²) in [6, 6.07) is 9.66. The molecule has 0 atom stereocenters. The van der Waals surface area contributed by atoms with Crippen LogP contribution in [-0.4, -0.2) is 5.78 Å². The molecule has 1 nitrogen and oxygen atoms in total. The van der Waals surface area contributed by atoms with Gasteiger partial charge in [-0.2, -0.15) is 0 Å². The van der Waals surface area contributed by atoms with E-state index in [1.165, 1.54) is 11.3 Å². The van der Waals surface area contributed by atoms with Crippen molar-refractivity contribution in [2.75, 3.05) is 0 Å². The minimum absolute atomic E-state index is 0.100. The van der Waals surface area contributed by atoms with Gasteiger partial charge in [0.25, 0.3) is 0 Å². The van der Waals surface area contributed by atoms with Crippen molar-refractivity contribution >= 4 is 33.0 Å². The summed E-state index contributed by atoms with van der Waals surface area (Å²) in [5.41, 5.74) is 1.80. The van der Waals surface area contributed by atoms with Crippen LogP contribution in [0.15, 0.2) is 34.8 Å². The Bertz CT molecular complexity index is 543. The molecule has 0 bridgehead atoms. The molecule has 0 spiro atoms. The molecule has 1 aromatic heterocycles. The summed E-state index contributed by atoms with van der Waals surface area (Å²) in [6.45, 7) is 3.96. The molecule has 0 aliphatic heterocycles. The molecule has 2 rings (SSSR count). The van der Waals surface area contributed by atoms with Gasteiger partial charge in [0.15, 0.2) is 0 Å². The largest absolute Gasteiger partial charge is 0.288 e.